The van der Waals surface area contributed by atoms with E-state index in [1.165, 1.54) is 13.0 Å². The Hall–Kier alpha value is -0.880. The number of carbonyl (C=O) groups is 1. The van der Waals surface area contributed by atoms with E-state index in [2.05, 4.69) is 21.2 Å². The molecule has 6 heteroatoms. The van der Waals surface area contributed by atoms with Crippen molar-refractivity contribution in [3.63, 3.8) is 0 Å². The molecule has 0 saturated carbocycles. The van der Waals surface area contributed by atoms with Crippen LogP contribution in [0, 0.1) is 6.92 Å². The number of benzene rings is 1. The highest BCUT2D eigenvalue weighted by Crippen LogP contribution is 2.28. The maximum atomic E-state index is 11.5. The Bertz CT molecular complexity index is 537. The summed E-state index contributed by atoms with van der Waals surface area (Å²) in [6.45, 7) is 3.16. The molecule has 0 unspecified atom stereocenters. The maximum absolute atomic E-state index is 11.5. The van der Waals surface area contributed by atoms with Gasteiger partial charge in [0.25, 0.3) is 0 Å². The van der Waals surface area contributed by atoms with Gasteiger partial charge in [0.2, 0.25) is 5.91 Å². The Balaban J connectivity index is 3.45. The van der Waals surface area contributed by atoms with Gasteiger partial charge in [-0.3, -0.25) is 4.79 Å². The number of nitrogens with one attached hydrogen (secondary N) is 1. The molecule has 4 nitrogen and oxygen atoms in total. The summed E-state index contributed by atoms with van der Waals surface area (Å²) in [5, 5.41) is 2.51. The van der Waals surface area contributed by atoms with Crippen LogP contribution in [0.1, 0.15) is 12.5 Å². The number of amides is 1. The average molecular weight is 306 g/mol. The van der Waals surface area contributed by atoms with Crippen LogP contribution >= 0.6 is 15.9 Å². The fourth-order valence-electron chi connectivity index (χ4n) is 1.26. The molecule has 0 aliphatic carbocycles. The zero-order chi connectivity index (χ0) is 12.5. The van der Waals surface area contributed by atoms with E-state index in [0.29, 0.717) is 10.2 Å². The Labute approximate surface area is 103 Å². The molecule has 0 saturated heterocycles. The summed E-state index contributed by atoms with van der Waals surface area (Å²) in [5.74, 6) is -0.299. The van der Waals surface area contributed by atoms with Crippen LogP contribution in [0.5, 0.6) is 0 Å². The Kier molecular flexibility index (Phi) is 3.75. The highest BCUT2D eigenvalue weighted by molar-refractivity contribution is 9.10. The van der Waals surface area contributed by atoms with E-state index in [1.54, 1.807) is 6.07 Å². The summed E-state index contributed by atoms with van der Waals surface area (Å²) in [6, 6.07) is 3.12. The van der Waals surface area contributed by atoms with E-state index in [9.17, 15) is 13.2 Å². The molecule has 1 aromatic rings. The lowest BCUT2D eigenvalue weighted by Gasteiger charge is -2.10. The molecule has 1 rings (SSSR count). The Morgan fingerprint density at radius 1 is 1.38 bits per heavy atom. The standard InChI is InChI=1S/C10H12BrNO3S/c1-6-4-9(12-7(2)13)10(5-8(6)11)16(3,14)15/h4-5H,1-3H3,(H,12,13). The quantitative estimate of drug-likeness (QED) is 0.910. The van der Waals surface area contributed by atoms with Gasteiger partial charge in [0, 0.05) is 17.7 Å². The number of hydrogen-bond donors (Lipinski definition) is 1. The van der Waals surface area contributed by atoms with Crippen molar-refractivity contribution in [3.05, 3.63) is 22.2 Å². The molecule has 0 aromatic heterocycles. The molecular formula is C10H12BrNO3S. The predicted molar refractivity (Wildman–Crippen MR) is 66.3 cm³/mol. The zero-order valence-corrected chi connectivity index (χ0v) is 11.6. The van der Waals surface area contributed by atoms with Crippen LogP contribution in [0.3, 0.4) is 0 Å². The maximum Gasteiger partial charge on any atom is 0.221 e. The number of hydrogen-bond acceptors (Lipinski definition) is 3. The summed E-state index contributed by atoms with van der Waals surface area (Å²) in [6.07, 6.45) is 1.11. The summed E-state index contributed by atoms with van der Waals surface area (Å²) in [4.78, 5) is 11.1. The van der Waals surface area contributed by atoms with Gasteiger partial charge in [-0.1, -0.05) is 15.9 Å². The minimum absolute atomic E-state index is 0.111. The minimum Gasteiger partial charge on any atom is -0.325 e. The lowest BCUT2D eigenvalue weighted by Crippen LogP contribution is -2.11. The third-order valence-electron chi connectivity index (χ3n) is 1.97. The molecule has 1 amide bonds. The minimum atomic E-state index is -3.36. The lowest BCUT2D eigenvalue weighted by molar-refractivity contribution is -0.114. The van der Waals surface area contributed by atoms with Crippen molar-refractivity contribution in [1.82, 2.24) is 0 Å². The first-order valence-corrected chi connectivity index (χ1v) is 7.18. The van der Waals surface area contributed by atoms with Crippen molar-refractivity contribution >= 4 is 37.4 Å². The van der Waals surface area contributed by atoms with Gasteiger partial charge in [-0.05, 0) is 24.6 Å². The van der Waals surface area contributed by atoms with Crippen LogP contribution in [0.25, 0.3) is 0 Å². The fourth-order valence-corrected chi connectivity index (χ4v) is 2.59. The van der Waals surface area contributed by atoms with Crippen LogP contribution in [0.2, 0.25) is 0 Å². The first kappa shape index (κ1) is 13.2. The van der Waals surface area contributed by atoms with Crippen LogP contribution in [-0.4, -0.2) is 20.6 Å². The fraction of sp³-hybridized carbons (Fsp3) is 0.300. The normalized spacial score (nSPS) is 11.2. The lowest BCUT2D eigenvalue weighted by atomic mass is 10.2. The van der Waals surface area contributed by atoms with E-state index >= 15 is 0 Å². The van der Waals surface area contributed by atoms with Gasteiger partial charge in [0.1, 0.15) is 0 Å². The molecule has 0 bridgehead atoms. The third-order valence-corrected chi connectivity index (χ3v) is 3.96. The van der Waals surface area contributed by atoms with Crippen LogP contribution in [-0.2, 0) is 14.6 Å². The average Bonchev–Trinajstić information content (AvgIpc) is 2.08. The van der Waals surface area contributed by atoms with Crippen molar-refractivity contribution in [2.45, 2.75) is 18.7 Å². The van der Waals surface area contributed by atoms with Crippen LogP contribution in [0.4, 0.5) is 5.69 Å². The van der Waals surface area contributed by atoms with Gasteiger partial charge in [0.15, 0.2) is 9.84 Å². The first-order valence-electron chi connectivity index (χ1n) is 4.49. The highest BCUT2D eigenvalue weighted by Gasteiger charge is 2.16. The summed E-state index contributed by atoms with van der Waals surface area (Å²) in [5.41, 5.74) is 1.17. The third kappa shape index (κ3) is 3.05. The molecule has 0 fully saturated rings. The van der Waals surface area contributed by atoms with E-state index in [-0.39, 0.29) is 10.8 Å². The predicted octanol–water partition coefficient (Wildman–Crippen LogP) is 2.12. The number of aryl methyl sites for hydroxylation is 1. The molecule has 1 N–H and O–H groups in total. The van der Waals surface area contributed by atoms with Gasteiger partial charge in [-0.2, -0.15) is 0 Å². The van der Waals surface area contributed by atoms with Gasteiger partial charge in [-0.15, -0.1) is 0 Å². The van der Waals surface area contributed by atoms with E-state index in [0.717, 1.165) is 11.8 Å². The van der Waals surface area contributed by atoms with E-state index < -0.39 is 9.84 Å². The number of sulfone groups is 1. The first-order chi connectivity index (χ1) is 7.21. The molecule has 88 valence electrons. The molecular weight excluding hydrogens is 294 g/mol. The highest BCUT2D eigenvalue weighted by atomic mass is 79.9. The monoisotopic (exact) mass is 305 g/mol. The van der Waals surface area contributed by atoms with Crippen molar-refractivity contribution in [1.29, 1.82) is 0 Å². The molecule has 0 aliphatic heterocycles. The van der Waals surface area contributed by atoms with Crippen molar-refractivity contribution in [2.24, 2.45) is 0 Å². The molecule has 0 atom stereocenters. The van der Waals surface area contributed by atoms with Crippen molar-refractivity contribution < 1.29 is 13.2 Å². The summed E-state index contributed by atoms with van der Waals surface area (Å²) < 4.78 is 23.7. The Morgan fingerprint density at radius 3 is 2.38 bits per heavy atom. The number of rotatable bonds is 2. The largest absolute Gasteiger partial charge is 0.325 e. The Morgan fingerprint density at radius 2 is 1.94 bits per heavy atom. The number of anilines is 1. The zero-order valence-electron chi connectivity index (χ0n) is 9.17. The van der Waals surface area contributed by atoms with Gasteiger partial charge < -0.3 is 5.32 Å². The second-order valence-electron chi connectivity index (χ2n) is 3.55. The second-order valence-corrected chi connectivity index (χ2v) is 6.39. The summed E-state index contributed by atoms with van der Waals surface area (Å²) >= 11 is 3.26. The van der Waals surface area contributed by atoms with Gasteiger partial charge >= 0.3 is 0 Å². The SMILES string of the molecule is CC(=O)Nc1cc(C)c(Br)cc1S(C)(=O)=O. The molecule has 0 aliphatic rings. The van der Waals surface area contributed by atoms with E-state index in [1.807, 2.05) is 6.92 Å². The van der Waals surface area contributed by atoms with Gasteiger partial charge in [-0.25, -0.2) is 8.42 Å². The molecule has 0 spiro atoms. The summed E-state index contributed by atoms with van der Waals surface area (Å²) in [7, 11) is -3.36. The topological polar surface area (TPSA) is 63.2 Å². The molecule has 0 heterocycles. The van der Waals surface area contributed by atoms with Crippen molar-refractivity contribution in [3.8, 4) is 0 Å². The molecule has 0 radical (unpaired) electrons. The van der Waals surface area contributed by atoms with Gasteiger partial charge in [0.05, 0.1) is 10.6 Å². The molecule has 16 heavy (non-hydrogen) atoms. The number of carbonyl (C=O) groups excluding carboxylic acids is 1. The second kappa shape index (κ2) is 4.55. The van der Waals surface area contributed by atoms with Crippen molar-refractivity contribution in [2.75, 3.05) is 11.6 Å². The number of halogens is 1. The van der Waals surface area contributed by atoms with Crippen LogP contribution < -0.4 is 5.32 Å². The van der Waals surface area contributed by atoms with Crippen LogP contribution in [0.15, 0.2) is 21.5 Å². The molecule has 1 aromatic carbocycles. The smallest absolute Gasteiger partial charge is 0.221 e. The van der Waals surface area contributed by atoms with E-state index in [4.69, 9.17) is 0 Å².